The van der Waals surface area contributed by atoms with Gasteiger partial charge in [0, 0.05) is 39.8 Å². The largest absolute Gasteiger partial charge is 0.496 e. The Bertz CT molecular complexity index is 1150. The highest BCUT2D eigenvalue weighted by Crippen LogP contribution is 2.28. The number of hydrogen-bond acceptors (Lipinski definition) is 9. The molecule has 0 saturated carbocycles. The predicted octanol–water partition coefficient (Wildman–Crippen LogP) is 2.03. The minimum absolute atomic E-state index is 0.0197. The molecule has 0 bridgehead atoms. The van der Waals surface area contributed by atoms with Crippen LogP contribution in [0.15, 0.2) is 18.3 Å². The number of nitrogen functional groups attached to an aromatic ring is 1. The minimum Gasteiger partial charge on any atom is -0.496 e. The second-order valence-electron chi connectivity index (χ2n) is 8.84. The van der Waals surface area contributed by atoms with E-state index in [1.165, 1.54) is 7.11 Å². The Morgan fingerprint density at radius 1 is 1.20 bits per heavy atom. The molecule has 3 aromatic rings. The Kier molecular flexibility index (Phi) is 7.99. The number of anilines is 2. The van der Waals surface area contributed by atoms with Crippen LogP contribution >= 0.6 is 0 Å². The van der Waals surface area contributed by atoms with Gasteiger partial charge in [-0.15, -0.1) is 0 Å². The van der Waals surface area contributed by atoms with Gasteiger partial charge in [0.15, 0.2) is 11.3 Å². The Labute approximate surface area is 204 Å². The van der Waals surface area contributed by atoms with Crippen molar-refractivity contribution in [1.82, 2.24) is 24.6 Å². The second-order valence-corrected chi connectivity index (χ2v) is 8.84. The molecule has 2 aromatic heterocycles. The Hall–Kier alpha value is -3.02. The van der Waals surface area contributed by atoms with Gasteiger partial charge in [0.2, 0.25) is 5.95 Å². The molecule has 10 nitrogen and oxygen atoms in total. The maximum Gasteiger partial charge on any atom is 0.222 e. The summed E-state index contributed by atoms with van der Waals surface area (Å²) in [6.45, 7) is 5.66. The Morgan fingerprint density at radius 2 is 2.00 bits per heavy atom. The van der Waals surface area contributed by atoms with Crippen LogP contribution in [0.3, 0.4) is 0 Å². The SMILES string of the molecule is CCCCN(CCO)c1nc(N)nc2cn(Cc3c(F)cc(CN4CC(OC)C4)cc3OC)nc12. The molecule has 0 amide bonds. The summed E-state index contributed by atoms with van der Waals surface area (Å²) in [5, 5.41) is 14.2. The highest BCUT2D eigenvalue weighted by Gasteiger charge is 2.27. The molecule has 1 fully saturated rings. The van der Waals surface area contributed by atoms with Gasteiger partial charge in [0.25, 0.3) is 0 Å². The molecule has 190 valence electrons. The number of aliphatic hydroxyl groups excluding tert-OH is 1. The minimum atomic E-state index is -0.349. The highest BCUT2D eigenvalue weighted by molar-refractivity contribution is 5.86. The number of hydrogen-bond donors (Lipinski definition) is 2. The average molecular weight is 488 g/mol. The molecule has 0 aliphatic carbocycles. The smallest absolute Gasteiger partial charge is 0.222 e. The van der Waals surface area contributed by atoms with Crippen LogP contribution in [-0.4, -0.2) is 82.9 Å². The molecule has 1 aliphatic rings. The van der Waals surface area contributed by atoms with Gasteiger partial charge in [-0.2, -0.15) is 10.1 Å². The van der Waals surface area contributed by atoms with Crippen molar-refractivity contribution in [2.75, 3.05) is 57.6 Å². The van der Waals surface area contributed by atoms with Crippen LogP contribution in [0.1, 0.15) is 30.9 Å². The third-order valence-electron chi connectivity index (χ3n) is 6.28. The number of aromatic nitrogens is 4. The molecule has 1 aliphatic heterocycles. The zero-order valence-corrected chi connectivity index (χ0v) is 20.6. The number of halogens is 1. The van der Waals surface area contributed by atoms with Crippen LogP contribution in [0.4, 0.5) is 16.2 Å². The van der Waals surface area contributed by atoms with Crippen LogP contribution in [0.25, 0.3) is 11.0 Å². The Balaban J connectivity index is 1.60. The molecule has 3 N–H and O–H groups in total. The number of nitrogens with zero attached hydrogens (tertiary/aromatic N) is 6. The third-order valence-corrected chi connectivity index (χ3v) is 6.28. The fourth-order valence-corrected chi connectivity index (χ4v) is 4.37. The van der Waals surface area contributed by atoms with Crippen molar-refractivity contribution < 1.29 is 19.0 Å². The van der Waals surface area contributed by atoms with E-state index in [2.05, 4.69) is 26.9 Å². The summed E-state index contributed by atoms with van der Waals surface area (Å²) >= 11 is 0. The van der Waals surface area contributed by atoms with E-state index in [9.17, 15) is 5.11 Å². The summed E-state index contributed by atoms with van der Waals surface area (Å²) in [6.07, 6.45) is 3.91. The fourth-order valence-electron chi connectivity index (χ4n) is 4.37. The number of nitrogens with two attached hydrogens (primary N) is 1. The summed E-state index contributed by atoms with van der Waals surface area (Å²) in [5.41, 5.74) is 8.35. The maximum absolute atomic E-state index is 15.2. The van der Waals surface area contributed by atoms with Crippen molar-refractivity contribution in [2.24, 2.45) is 0 Å². The first-order chi connectivity index (χ1) is 16.9. The topological polar surface area (TPSA) is 115 Å². The second kappa shape index (κ2) is 11.1. The number of likely N-dealkylation sites (tertiary alicyclic amines) is 1. The predicted molar refractivity (Wildman–Crippen MR) is 132 cm³/mol. The third kappa shape index (κ3) is 5.63. The summed E-state index contributed by atoms with van der Waals surface area (Å²) < 4.78 is 27.7. The van der Waals surface area contributed by atoms with Gasteiger partial charge in [-0.05, 0) is 24.1 Å². The van der Waals surface area contributed by atoms with Crippen molar-refractivity contribution in [3.8, 4) is 5.75 Å². The lowest BCUT2D eigenvalue weighted by atomic mass is 10.1. The highest BCUT2D eigenvalue weighted by atomic mass is 19.1. The fraction of sp³-hybridized carbons (Fsp3) is 0.542. The number of unbranched alkanes of at least 4 members (excludes halogenated alkanes) is 1. The number of rotatable bonds is 12. The van der Waals surface area contributed by atoms with Crippen LogP contribution in [0.5, 0.6) is 5.75 Å². The number of fused-ring (bicyclic) bond motifs is 1. The van der Waals surface area contributed by atoms with E-state index in [0.717, 1.165) is 31.5 Å². The lowest BCUT2D eigenvalue weighted by molar-refractivity contribution is -0.0334. The van der Waals surface area contributed by atoms with Crippen molar-refractivity contribution in [2.45, 2.75) is 39.0 Å². The molecule has 1 aromatic carbocycles. The van der Waals surface area contributed by atoms with E-state index >= 15 is 4.39 Å². The monoisotopic (exact) mass is 487 g/mol. The molecule has 3 heterocycles. The van der Waals surface area contributed by atoms with Gasteiger partial charge >= 0.3 is 0 Å². The molecular weight excluding hydrogens is 453 g/mol. The molecule has 0 unspecified atom stereocenters. The zero-order valence-electron chi connectivity index (χ0n) is 20.6. The first-order valence-corrected chi connectivity index (χ1v) is 11.9. The van der Waals surface area contributed by atoms with Crippen LogP contribution in [0, 0.1) is 5.82 Å². The number of aliphatic hydroxyl groups is 1. The first-order valence-electron chi connectivity index (χ1n) is 11.9. The Morgan fingerprint density at radius 3 is 2.69 bits per heavy atom. The standard InChI is InChI=1S/C24H34FN7O3/c1-4-5-6-31(7-8-33)23-22-20(27-24(26)28-23)15-32(29-22)14-18-19(25)9-16(10-21(18)35-3)11-30-12-17(13-30)34-2/h9-10,15,17,33H,4-8,11-14H2,1-3H3,(H2,26,27). The van der Waals surface area contributed by atoms with Gasteiger partial charge in [-0.1, -0.05) is 13.3 Å². The molecule has 0 radical (unpaired) electrons. The van der Waals surface area contributed by atoms with Crippen molar-refractivity contribution in [1.29, 1.82) is 0 Å². The van der Waals surface area contributed by atoms with Crippen molar-refractivity contribution in [3.63, 3.8) is 0 Å². The van der Waals surface area contributed by atoms with Gasteiger partial charge in [-0.3, -0.25) is 9.58 Å². The molecular formula is C24H34FN7O3. The number of methoxy groups -OCH3 is 2. The lowest BCUT2D eigenvalue weighted by Crippen LogP contribution is -2.50. The van der Waals surface area contributed by atoms with Crippen molar-refractivity contribution >= 4 is 22.8 Å². The number of ether oxygens (including phenoxy) is 2. The average Bonchev–Trinajstić information content (AvgIpc) is 3.21. The molecule has 11 heteroatoms. The molecule has 4 rings (SSSR count). The van der Waals surface area contributed by atoms with E-state index in [1.54, 1.807) is 24.1 Å². The summed E-state index contributed by atoms with van der Waals surface area (Å²) in [7, 11) is 3.24. The first kappa shape index (κ1) is 25.1. The zero-order chi connectivity index (χ0) is 24.9. The van der Waals surface area contributed by atoms with Crippen molar-refractivity contribution in [3.05, 3.63) is 35.3 Å². The molecule has 35 heavy (non-hydrogen) atoms. The van der Waals surface area contributed by atoms with E-state index in [1.807, 2.05) is 11.0 Å². The van der Waals surface area contributed by atoms with Gasteiger partial charge in [0.1, 0.15) is 17.1 Å². The van der Waals surface area contributed by atoms with E-state index in [-0.39, 0.29) is 31.0 Å². The molecule has 0 atom stereocenters. The molecule has 0 spiro atoms. The van der Waals surface area contributed by atoms with Crippen LogP contribution in [0.2, 0.25) is 0 Å². The summed E-state index contributed by atoms with van der Waals surface area (Å²) in [4.78, 5) is 12.9. The van der Waals surface area contributed by atoms with E-state index in [0.29, 0.717) is 47.8 Å². The summed E-state index contributed by atoms with van der Waals surface area (Å²) in [5.74, 6) is 0.819. The van der Waals surface area contributed by atoms with Crippen LogP contribution in [-0.2, 0) is 17.8 Å². The van der Waals surface area contributed by atoms with Gasteiger partial charge in [-0.25, -0.2) is 9.37 Å². The normalized spacial score (nSPS) is 14.4. The van der Waals surface area contributed by atoms with E-state index in [4.69, 9.17) is 15.2 Å². The lowest BCUT2D eigenvalue weighted by Gasteiger charge is -2.38. The molecule has 1 saturated heterocycles. The maximum atomic E-state index is 15.2. The van der Waals surface area contributed by atoms with Gasteiger partial charge < -0.3 is 25.2 Å². The number of benzene rings is 1. The van der Waals surface area contributed by atoms with Crippen LogP contribution < -0.4 is 15.4 Å². The quantitative estimate of drug-likeness (QED) is 0.396. The van der Waals surface area contributed by atoms with E-state index < -0.39 is 0 Å². The van der Waals surface area contributed by atoms with Gasteiger partial charge in [0.05, 0.1) is 38.1 Å². The summed E-state index contributed by atoms with van der Waals surface area (Å²) in [6, 6.07) is 3.43.